The number of likely N-dealkylation sites (tertiary alicyclic amines) is 1. The summed E-state index contributed by atoms with van der Waals surface area (Å²) in [7, 11) is 0. The Balaban J connectivity index is 2.04. The molecule has 0 spiro atoms. The molecule has 1 fully saturated rings. The molecule has 0 bridgehead atoms. The third-order valence-corrected chi connectivity index (χ3v) is 1.51. The molecule has 0 atom stereocenters. The summed E-state index contributed by atoms with van der Waals surface area (Å²) in [5.41, 5.74) is 0. The Morgan fingerprint density at radius 3 is 2.78 bits per heavy atom. The van der Waals surface area contributed by atoms with Crippen LogP contribution in [0.2, 0.25) is 0 Å². The van der Waals surface area contributed by atoms with E-state index in [4.69, 9.17) is 0 Å². The molecule has 0 aromatic carbocycles. The minimum Gasteiger partial charge on any atom is -0.294 e. The summed E-state index contributed by atoms with van der Waals surface area (Å²) in [6, 6.07) is 0. The molecular formula is C7H12FN. The maximum atomic E-state index is 12.1. The zero-order valence-corrected chi connectivity index (χ0v) is 5.68. The molecule has 52 valence electrons. The highest BCUT2D eigenvalue weighted by molar-refractivity contribution is 4.87. The fourth-order valence-corrected chi connectivity index (χ4v) is 0.910. The van der Waals surface area contributed by atoms with Crippen LogP contribution < -0.4 is 0 Å². The molecule has 2 heteroatoms. The molecule has 1 nitrogen and oxygen atoms in total. The van der Waals surface area contributed by atoms with Crippen molar-refractivity contribution in [3.8, 4) is 0 Å². The van der Waals surface area contributed by atoms with Gasteiger partial charge in [0.15, 0.2) is 0 Å². The molecule has 1 aliphatic rings. The second-order valence-corrected chi connectivity index (χ2v) is 2.38. The second-order valence-electron chi connectivity index (χ2n) is 2.38. The summed E-state index contributed by atoms with van der Waals surface area (Å²) < 4.78 is 12.1. The lowest BCUT2D eigenvalue weighted by Crippen LogP contribution is -2.48. The summed E-state index contributed by atoms with van der Waals surface area (Å²) in [5.74, 6) is 0. The first-order valence-corrected chi connectivity index (χ1v) is 3.30. The Morgan fingerprint density at radius 1 is 1.67 bits per heavy atom. The van der Waals surface area contributed by atoms with Crippen LogP contribution in [-0.2, 0) is 0 Å². The van der Waals surface area contributed by atoms with E-state index >= 15 is 0 Å². The Kier molecular flexibility index (Phi) is 2.22. The van der Waals surface area contributed by atoms with Gasteiger partial charge in [-0.25, -0.2) is 4.39 Å². The van der Waals surface area contributed by atoms with E-state index in [0.717, 1.165) is 6.54 Å². The molecule has 9 heavy (non-hydrogen) atoms. The lowest BCUT2D eigenvalue weighted by molar-refractivity contribution is 0.0771. The molecule has 0 unspecified atom stereocenters. The van der Waals surface area contributed by atoms with Crippen LogP contribution in [0.5, 0.6) is 0 Å². The Bertz CT molecular complexity index is 105. The SMILES string of the molecule is CC=CCN1CC(F)C1. The predicted molar refractivity (Wildman–Crippen MR) is 36.1 cm³/mol. The first-order valence-electron chi connectivity index (χ1n) is 3.30. The third-order valence-electron chi connectivity index (χ3n) is 1.51. The molecule has 0 aromatic heterocycles. The van der Waals surface area contributed by atoms with Crippen molar-refractivity contribution in [1.29, 1.82) is 0 Å². The van der Waals surface area contributed by atoms with Crippen molar-refractivity contribution in [2.24, 2.45) is 0 Å². The van der Waals surface area contributed by atoms with Crippen LogP contribution in [0.3, 0.4) is 0 Å². The van der Waals surface area contributed by atoms with Crippen LogP contribution in [0, 0.1) is 0 Å². The van der Waals surface area contributed by atoms with E-state index in [1.165, 1.54) is 0 Å². The van der Waals surface area contributed by atoms with E-state index in [9.17, 15) is 4.39 Å². The van der Waals surface area contributed by atoms with E-state index < -0.39 is 6.17 Å². The molecular weight excluding hydrogens is 117 g/mol. The van der Waals surface area contributed by atoms with Crippen LogP contribution in [0.25, 0.3) is 0 Å². The van der Waals surface area contributed by atoms with Crippen molar-refractivity contribution in [2.75, 3.05) is 19.6 Å². The van der Waals surface area contributed by atoms with Gasteiger partial charge in [-0.3, -0.25) is 4.90 Å². The van der Waals surface area contributed by atoms with Crippen molar-refractivity contribution in [1.82, 2.24) is 4.90 Å². The smallest absolute Gasteiger partial charge is 0.125 e. The number of alkyl halides is 1. The van der Waals surface area contributed by atoms with Gasteiger partial charge in [0.1, 0.15) is 6.17 Å². The molecule has 0 N–H and O–H groups in total. The van der Waals surface area contributed by atoms with Crippen molar-refractivity contribution in [3.63, 3.8) is 0 Å². The average molecular weight is 129 g/mol. The first-order chi connectivity index (χ1) is 4.33. The highest BCUT2D eigenvalue weighted by Crippen LogP contribution is 2.09. The standard InChI is InChI=1S/C7H12FN/c1-2-3-4-9-5-7(8)6-9/h2-3,7H,4-6H2,1H3. The average Bonchev–Trinajstić information content (AvgIpc) is 1.78. The van der Waals surface area contributed by atoms with Gasteiger partial charge in [-0.05, 0) is 6.92 Å². The van der Waals surface area contributed by atoms with E-state index in [1.54, 1.807) is 0 Å². The summed E-state index contributed by atoms with van der Waals surface area (Å²) in [4.78, 5) is 2.07. The van der Waals surface area contributed by atoms with E-state index in [1.807, 2.05) is 19.1 Å². The van der Waals surface area contributed by atoms with Crippen LogP contribution in [0.1, 0.15) is 6.92 Å². The number of halogens is 1. The van der Waals surface area contributed by atoms with Gasteiger partial charge in [0.05, 0.1) is 0 Å². The lowest BCUT2D eigenvalue weighted by atomic mass is 10.2. The lowest BCUT2D eigenvalue weighted by Gasteiger charge is -2.33. The Labute approximate surface area is 55.2 Å². The van der Waals surface area contributed by atoms with Crippen molar-refractivity contribution >= 4 is 0 Å². The van der Waals surface area contributed by atoms with Gasteiger partial charge in [0, 0.05) is 19.6 Å². The van der Waals surface area contributed by atoms with Gasteiger partial charge in [0.2, 0.25) is 0 Å². The summed E-state index contributed by atoms with van der Waals surface area (Å²) in [6.07, 6.45) is 3.48. The number of allylic oxidation sites excluding steroid dienone is 1. The van der Waals surface area contributed by atoms with E-state index in [0.29, 0.717) is 13.1 Å². The molecule has 1 aliphatic heterocycles. The van der Waals surface area contributed by atoms with Gasteiger partial charge in [0.25, 0.3) is 0 Å². The monoisotopic (exact) mass is 129 g/mol. The van der Waals surface area contributed by atoms with Crippen LogP contribution >= 0.6 is 0 Å². The molecule has 0 saturated carbocycles. The van der Waals surface area contributed by atoms with E-state index in [-0.39, 0.29) is 0 Å². The van der Waals surface area contributed by atoms with Crippen LogP contribution in [-0.4, -0.2) is 30.7 Å². The molecule has 1 heterocycles. The van der Waals surface area contributed by atoms with Gasteiger partial charge in [-0.2, -0.15) is 0 Å². The molecule has 0 radical (unpaired) electrons. The zero-order valence-electron chi connectivity index (χ0n) is 5.68. The molecule has 0 aromatic rings. The van der Waals surface area contributed by atoms with Gasteiger partial charge in [-0.1, -0.05) is 12.2 Å². The number of rotatable bonds is 2. The van der Waals surface area contributed by atoms with Gasteiger partial charge < -0.3 is 0 Å². The number of hydrogen-bond donors (Lipinski definition) is 0. The van der Waals surface area contributed by atoms with Crippen LogP contribution in [0.4, 0.5) is 4.39 Å². The van der Waals surface area contributed by atoms with Crippen molar-refractivity contribution in [2.45, 2.75) is 13.1 Å². The Hall–Kier alpha value is -0.370. The van der Waals surface area contributed by atoms with Gasteiger partial charge >= 0.3 is 0 Å². The van der Waals surface area contributed by atoms with Crippen molar-refractivity contribution in [3.05, 3.63) is 12.2 Å². The number of nitrogens with zero attached hydrogens (tertiary/aromatic N) is 1. The molecule has 0 aliphatic carbocycles. The highest BCUT2D eigenvalue weighted by Gasteiger charge is 2.24. The predicted octanol–water partition coefficient (Wildman–Crippen LogP) is 1.22. The van der Waals surface area contributed by atoms with Crippen molar-refractivity contribution < 1.29 is 4.39 Å². The van der Waals surface area contributed by atoms with E-state index in [2.05, 4.69) is 4.90 Å². The minimum atomic E-state index is -0.560. The summed E-state index contributed by atoms with van der Waals surface area (Å²) in [5, 5.41) is 0. The Morgan fingerprint density at radius 2 is 2.33 bits per heavy atom. The normalized spacial score (nSPS) is 22.9. The molecule has 0 amide bonds. The van der Waals surface area contributed by atoms with Gasteiger partial charge in [-0.15, -0.1) is 0 Å². The fourth-order valence-electron chi connectivity index (χ4n) is 0.910. The minimum absolute atomic E-state index is 0.560. The zero-order chi connectivity index (χ0) is 6.69. The van der Waals surface area contributed by atoms with Crippen LogP contribution in [0.15, 0.2) is 12.2 Å². The maximum absolute atomic E-state index is 12.1. The highest BCUT2D eigenvalue weighted by atomic mass is 19.1. The maximum Gasteiger partial charge on any atom is 0.125 e. The second kappa shape index (κ2) is 2.97. The largest absolute Gasteiger partial charge is 0.294 e. The number of hydrogen-bond acceptors (Lipinski definition) is 1. The quantitative estimate of drug-likeness (QED) is 0.507. The summed E-state index contributed by atoms with van der Waals surface area (Å²) in [6.45, 7) is 4.15. The fraction of sp³-hybridized carbons (Fsp3) is 0.714. The topological polar surface area (TPSA) is 3.24 Å². The molecule has 1 saturated heterocycles. The third kappa shape index (κ3) is 1.79. The molecule has 1 rings (SSSR count). The first kappa shape index (κ1) is 6.75. The summed E-state index contributed by atoms with van der Waals surface area (Å²) >= 11 is 0.